The number of fused-ring (bicyclic) bond motifs is 1. The van der Waals surface area contributed by atoms with Crippen LogP contribution in [0.25, 0.3) is 0 Å². The summed E-state index contributed by atoms with van der Waals surface area (Å²) in [5.74, 6) is 0. The molecule has 0 radical (unpaired) electrons. The molecular weight excluding hydrogens is 196 g/mol. The van der Waals surface area contributed by atoms with Crippen LogP contribution in [0.5, 0.6) is 0 Å². The van der Waals surface area contributed by atoms with Gasteiger partial charge in [0.2, 0.25) is 5.28 Å². The van der Waals surface area contributed by atoms with E-state index in [1.54, 1.807) is 0 Å². The first-order chi connectivity index (χ1) is 6.86. The first-order valence-corrected chi connectivity index (χ1v) is 5.99. The number of hydrogen-bond donors (Lipinski definition) is 0. The lowest BCUT2D eigenvalue weighted by Crippen LogP contribution is -2.08. The van der Waals surface area contributed by atoms with E-state index in [4.69, 9.17) is 11.6 Å². The molecule has 1 saturated carbocycles. The molecule has 0 bridgehead atoms. The molecule has 3 rings (SSSR count). The van der Waals surface area contributed by atoms with E-state index in [0.29, 0.717) is 6.04 Å². The Bertz CT molecular complexity index is 350. The summed E-state index contributed by atoms with van der Waals surface area (Å²) < 4.78 is 2.32. The largest absolute Gasteiger partial charge is 0.316 e. The summed E-state index contributed by atoms with van der Waals surface area (Å²) in [7, 11) is 0. The standard InChI is InChI=1S/C11H15ClN2/c12-11-13-9-6-3-7-10(9)14(11)8-4-1-2-5-8/h8H,1-7H2. The fraction of sp³-hybridized carbons (Fsp3) is 0.727. The van der Waals surface area contributed by atoms with E-state index in [0.717, 1.165) is 11.7 Å². The molecule has 2 nitrogen and oxygen atoms in total. The minimum absolute atomic E-state index is 0.650. The van der Waals surface area contributed by atoms with E-state index in [2.05, 4.69) is 9.55 Å². The lowest BCUT2D eigenvalue weighted by atomic mass is 10.2. The molecule has 0 spiro atoms. The van der Waals surface area contributed by atoms with Crippen molar-refractivity contribution in [3.63, 3.8) is 0 Å². The molecule has 1 aromatic rings. The predicted octanol–water partition coefficient (Wildman–Crippen LogP) is 3.14. The molecular formula is C11H15ClN2. The maximum atomic E-state index is 6.19. The predicted molar refractivity (Wildman–Crippen MR) is 56.8 cm³/mol. The summed E-state index contributed by atoms with van der Waals surface area (Å²) in [5, 5.41) is 0.738. The number of halogens is 1. The van der Waals surface area contributed by atoms with Crippen LogP contribution >= 0.6 is 11.6 Å². The Hall–Kier alpha value is -0.500. The van der Waals surface area contributed by atoms with Gasteiger partial charge in [-0.05, 0) is 43.7 Å². The number of aromatic nitrogens is 2. The van der Waals surface area contributed by atoms with E-state index in [1.165, 1.54) is 49.9 Å². The first-order valence-electron chi connectivity index (χ1n) is 5.62. The van der Waals surface area contributed by atoms with Gasteiger partial charge in [0.25, 0.3) is 0 Å². The number of nitrogens with zero attached hydrogens (tertiary/aromatic N) is 2. The zero-order valence-corrected chi connectivity index (χ0v) is 9.06. The molecule has 2 aliphatic carbocycles. The van der Waals surface area contributed by atoms with Crippen LogP contribution in [0.3, 0.4) is 0 Å². The van der Waals surface area contributed by atoms with E-state index in [1.807, 2.05) is 0 Å². The van der Waals surface area contributed by atoms with Crippen molar-refractivity contribution in [3.8, 4) is 0 Å². The molecule has 3 heteroatoms. The maximum Gasteiger partial charge on any atom is 0.203 e. The van der Waals surface area contributed by atoms with Crippen molar-refractivity contribution in [1.29, 1.82) is 0 Å². The Morgan fingerprint density at radius 1 is 1.14 bits per heavy atom. The van der Waals surface area contributed by atoms with E-state index < -0.39 is 0 Å². The Morgan fingerprint density at radius 3 is 2.71 bits per heavy atom. The molecule has 14 heavy (non-hydrogen) atoms. The molecule has 1 heterocycles. The van der Waals surface area contributed by atoms with Gasteiger partial charge in [0.1, 0.15) is 0 Å². The van der Waals surface area contributed by atoms with Gasteiger partial charge >= 0.3 is 0 Å². The molecule has 0 amide bonds. The van der Waals surface area contributed by atoms with Gasteiger partial charge in [-0.15, -0.1) is 0 Å². The molecule has 0 aromatic carbocycles. The fourth-order valence-corrected chi connectivity index (χ4v) is 3.24. The van der Waals surface area contributed by atoms with Crippen LogP contribution in [0.1, 0.15) is 49.5 Å². The zero-order chi connectivity index (χ0) is 9.54. The second-order valence-corrected chi connectivity index (χ2v) is 4.77. The Balaban J connectivity index is 2.02. The molecule has 76 valence electrons. The molecule has 0 aliphatic heterocycles. The molecule has 0 N–H and O–H groups in total. The van der Waals surface area contributed by atoms with Gasteiger partial charge in [-0.25, -0.2) is 4.98 Å². The number of rotatable bonds is 1. The summed E-state index contributed by atoms with van der Waals surface area (Å²) in [6.07, 6.45) is 8.88. The van der Waals surface area contributed by atoms with Crippen LogP contribution in [-0.4, -0.2) is 9.55 Å². The van der Waals surface area contributed by atoms with Crippen LogP contribution in [-0.2, 0) is 12.8 Å². The van der Waals surface area contributed by atoms with Gasteiger partial charge in [-0.1, -0.05) is 12.8 Å². The first kappa shape index (κ1) is 8.78. The van der Waals surface area contributed by atoms with Crippen LogP contribution in [0.4, 0.5) is 0 Å². The monoisotopic (exact) mass is 210 g/mol. The third kappa shape index (κ3) is 1.20. The second-order valence-electron chi connectivity index (χ2n) is 4.44. The van der Waals surface area contributed by atoms with Crippen molar-refractivity contribution in [2.75, 3.05) is 0 Å². The fourth-order valence-electron chi connectivity index (χ4n) is 2.90. The van der Waals surface area contributed by atoms with Crippen molar-refractivity contribution >= 4 is 11.6 Å². The molecule has 2 aliphatic rings. The van der Waals surface area contributed by atoms with Crippen LogP contribution < -0.4 is 0 Å². The van der Waals surface area contributed by atoms with Crippen molar-refractivity contribution in [2.45, 2.75) is 51.0 Å². The average Bonchev–Trinajstić information content (AvgIpc) is 2.78. The highest BCUT2D eigenvalue weighted by Crippen LogP contribution is 2.36. The SMILES string of the molecule is Clc1nc2c(n1C1CCCC1)CCC2. The molecule has 1 fully saturated rings. The van der Waals surface area contributed by atoms with Crippen LogP contribution in [0, 0.1) is 0 Å². The highest BCUT2D eigenvalue weighted by molar-refractivity contribution is 6.28. The summed E-state index contributed by atoms with van der Waals surface area (Å²) in [6.45, 7) is 0. The van der Waals surface area contributed by atoms with Gasteiger partial charge in [0.05, 0.1) is 5.69 Å². The molecule has 1 aromatic heterocycles. The topological polar surface area (TPSA) is 17.8 Å². The average molecular weight is 211 g/mol. The summed E-state index contributed by atoms with van der Waals surface area (Å²) in [6, 6.07) is 0.650. The lowest BCUT2D eigenvalue weighted by molar-refractivity contribution is 0.502. The summed E-state index contributed by atoms with van der Waals surface area (Å²) >= 11 is 6.19. The molecule has 0 atom stereocenters. The maximum absolute atomic E-state index is 6.19. The van der Waals surface area contributed by atoms with Crippen LogP contribution in [0.2, 0.25) is 5.28 Å². The van der Waals surface area contributed by atoms with Gasteiger partial charge in [0.15, 0.2) is 0 Å². The van der Waals surface area contributed by atoms with E-state index in [9.17, 15) is 0 Å². The highest BCUT2D eigenvalue weighted by atomic mass is 35.5. The minimum Gasteiger partial charge on any atom is -0.316 e. The second kappa shape index (κ2) is 3.27. The molecule has 0 unspecified atom stereocenters. The van der Waals surface area contributed by atoms with Crippen molar-refractivity contribution in [1.82, 2.24) is 9.55 Å². The third-order valence-corrected chi connectivity index (χ3v) is 3.83. The van der Waals surface area contributed by atoms with Gasteiger partial charge in [0, 0.05) is 11.7 Å². The quantitative estimate of drug-likeness (QED) is 0.697. The van der Waals surface area contributed by atoms with E-state index >= 15 is 0 Å². The Morgan fingerprint density at radius 2 is 1.93 bits per heavy atom. The number of imidazole rings is 1. The Kier molecular flexibility index (Phi) is 2.05. The van der Waals surface area contributed by atoms with Crippen molar-refractivity contribution < 1.29 is 0 Å². The van der Waals surface area contributed by atoms with Crippen molar-refractivity contribution in [3.05, 3.63) is 16.7 Å². The van der Waals surface area contributed by atoms with Gasteiger partial charge < -0.3 is 4.57 Å². The lowest BCUT2D eigenvalue weighted by Gasteiger charge is -2.15. The number of hydrogen-bond acceptors (Lipinski definition) is 1. The normalized spacial score (nSPS) is 21.8. The summed E-state index contributed by atoms with van der Waals surface area (Å²) in [5.41, 5.74) is 2.70. The third-order valence-electron chi connectivity index (χ3n) is 3.57. The van der Waals surface area contributed by atoms with E-state index in [-0.39, 0.29) is 0 Å². The van der Waals surface area contributed by atoms with Gasteiger partial charge in [-0.2, -0.15) is 0 Å². The van der Waals surface area contributed by atoms with Crippen molar-refractivity contribution in [2.24, 2.45) is 0 Å². The highest BCUT2D eigenvalue weighted by Gasteiger charge is 2.26. The molecule has 0 saturated heterocycles. The smallest absolute Gasteiger partial charge is 0.203 e. The van der Waals surface area contributed by atoms with Gasteiger partial charge in [-0.3, -0.25) is 0 Å². The Labute approximate surface area is 89.3 Å². The summed E-state index contributed by atoms with van der Waals surface area (Å²) in [4.78, 5) is 4.46. The zero-order valence-electron chi connectivity index (χ0n) is 8.30. The minimum atomic E-state index is 0.650. The number of aryl methyl sites for hydroxylation is 1. The van der Waals surface area contributed by atoms with Crippen LogP contribution in [0.15, 0.2) is 0 Å².